The van der Waals surface area contributed by atoms with Crippen LogP contribution in [0.1, 0.15) is 43.8 Å². The zero-order valence-electron chi connectivity index (χ0n) is 9.43. The Labute approximate surface area is 96.2 Å². The Morgan fingerprint density at radius 2 is 1.94 bits per heavy atom. The molecule has 2 aliphatic rings. The van der Waals surface area contributed by atoms with Crippen molar-refractivity contribution in [3.8, 4) is 0 Å². The molecule has 0 amide bonds. The third kappa shape index (κ3) is 1.66. The van der Waals surface area contributed by atoms with Gasteiger partial charge in [0, 0.05) is 12.3 Å². The fourth-order valence-corrected chi connectivity index (χ4v) is 3.12. The second-order valence-corrected chi connectivity index (χ2v) is 5.03. The van der Waals surface area contributed by atoms with E-state index >= 15 is 0 Å². The van der Waals surface area contributed by atoms with Gasteiger partial charge in [-0.05, 0) is 31.2 Å². The first-order valence-electron chi connectivity index (χ1n) is 6.23. The molecule has 2 fully saturated rings. The smallest absolute Gasteiger partial charge is 0.169 e. The zero-order chi connectivity index (χ0) is 11.0. The highest BCUT2D eigenvalue weighted by Gasteiger charge is 2.46. The minimum Gasteiger partial charge on any atom is -0.365 e. The fourth-order valence-electron chi connectivity index (χ4n) is 3.12. The Bertz CT molecular complexity index is 362. The summed E-state index contributed by atoms with van der Waals surface area (Å²) in [5.41, 5.74) is 1.20. The highest BCUT2D eigenvalue weighted by Crippen LogP contribution is 2.47. The van der Waals surface area contributed by atoms with Gasteiger partial charge in [-0.2, -0.15) is 0 Å². The van der Waals surface area contributed by atoms with E-state index in [1.807, 2.05) is 18.2 Å². The number of fused-ring (bicyclic) bond motifs is 1. The monoisotopic (exact) mass is 218 g/mol. The lowest BCUT2D eigenvalue weighted by Crippen LogP contribution is -2.41. The Morgan fingerprint density at radius 3 is 2.75 bits per heavy atom. The number of benzene rings is 1. The SMILES string of the molecule is OC12CCCC1CCC(c1ccccc1)O2. The first-order chi connectivity index (χ1) is 7.78. The van der Waals surface area contributed by atoms with Crippen LogP contribution in [-0.2, 0) is 4.74 Å². The van der Waals surface area contributed by atoms with Crippen molar-refractivity contribution in [3.05, 3.63) is 35.9 Å². The van der Waals surface area contributed by atoms with Crippen molar-refractivity contribution < 1.29 is 9.84 Å². The van der Waals surface area contributed by atoms with E-state index < -0.39 is 5.79 Å². The maximum Gasteiger partial charge on any atom is 0.169 e. The zero-order valence-corrected chi connectivity index (χ0v) is 9.43. The van der Waals surface area contributed by atoms with E-state index in [1.165, 1.54) is 5.56 Å². The normalized spacial score (nSPS) is 38.3. The van der Waals surface area contributed by atoms with E-state index in [-0.39, 0.29) is 6.10 Å². The van der Waals surface area contributed by atoms with E-state index in [4.69, 9.17) is 4.74 Å². The largest absolute Gasteiger partial charge is 0.365 e. The molecular weight excluding hydrogens is 200 g/mol. The van der Waals surface area contributed by atoms with Gasteiger partial charge in [-0.15, -0.1) is 0 Å². The molecule has 2 heteroatoms. The summed E-state index contributed by atoms with van der Waals surface area (Å²) < 4.78 is 5.94. The van der Waals surface area contributed by atoms with Crippen LogP contribution in [0.25, 0.3) is 0 Å². The lowest BCUT2D eigenvalue weighted by Gasteiger charge is -2.39. The quantitative estimate of drug-likeness (QED) is 0.785. The van der Waals surface area contributed by atoms with Gasteiger partial charge < -0.3 is 9.84 Å². The molecule has 86 valence electrons. The van der Waals surface area contributed by atoms with Crippen molar-refractivity contribution in [2.75, 3.05) is 0 Å². The molecule has 3 unspecified atom stereocenters. The summed E-state index contributed by atoms with van der Waals surface area (Å²) in [6.45, 7) is 0. The first-order valence-corrected chi connectivity index (χ1v) is 6.23. The molecule has 16 heavy (non-hydrogen) atoms. The van der Waals surface area contributed by atoms with Gasteiger partial charge in [0.25, 0.3) is 0 Å². The second kappa shape index (κ2) is 3.86. The molecule has 0 radical (unpaired) electrons. The second-order valence-electron chi connectivity index (χ2n) is 5.03. The molecule has 1 aromatic rings. The summed E-state index contributed by atoms with van der Waals surface area (Å²) in [6, 6.07) is 10.2. The third-order valence-electron chi connectivity index (χ3n) is 4.02. The van der Waals surface area contributed by atoms with Gasteiger partial charge in [-0.1, -0.05) is 30.3 Å². The molecule has 0 spiro atoms. The molecule has 1 N–H and O–H groups in total. The standard InChI is InChI=1S/C14H18O2/c15-14-10-4-7-12(14)8-9-13(16-14)11-5-2-1-3-6-11/h1-3,5-6,12-13,15H,4,7-10H2. The molecule has 1 aliphatic heterocycles. The van der Waals surface area contributed by atoms with Gasteiger partial charge >= 0.3 is 0 Å². The molecule has 3 atom stereocenters. The van der Waals surface area contributed by atoms with Gasteiger partial charge in [0.15, 0.2) is 5.79 Å². The van der Waals surface area contributed by atoms with Crippen molar-refractivity contribution >= 4 is 0 Å². The number of aliphatic hydroxyl groups is 1. The van der Waals surface area contributed by atoms with Gasteiger partial charge in [-0.3, -0.25) is 0 Å². The van der Waals surface area contributed by atoms with Crippen LogP contribution >= 0.6 is 0 Å². The van der Waals surface area contributed by atoms with Crippen LogP contribution in [0, 0.1) is 5.92 Å². The molecule has 0 bridgehead atoms. The average Bonchev–Trinajstić information content (AvgIpc) is 2.70. The lowest BCUT2D eigenvalue weighted by molar-refractivity contribution is -0.273. The number of hydrogen-bond acceptors (Lipinski definition) is 2. The summed E-state index contributed by atoms with van der Waals surface area (Å²) in [5, 5.41) is 10.4. The highest BCUT2D eigenvalue weighted by atomic mass is 16.6. The van der Waals surface area contributed by atoms with Crippen LogP contribution in [-0.4, -0.2) is 10.9 Å². The Hall–Kier alpha value is -0.860. The van der Waals surface area contributed by atoms with Crippen molar-refractivity contribution in [2.24, 2.45) is 5.92 Å². The molecule has 0 aromatic heterocycles. The maximum atomic E-state index is 10.4. The minimum atomic E-state index is -0.835. The van der Waals surface area contributed by atoms with Gasteiger partial charge in [0.05, 0.1) is 6.10 Å². The third-order valence-corrected chi connectivity index (χ3v) is 4.02. The van der Waals surface area contributed by atoms with Crippen LogP contribution in [0.2, 0.25) is 0 Å². The molecule has 3 rings (SSSR count). The van der Waals surface area contributed by atoms with Crippen LogP contribution < -0.4 is 0 Å². The Kier molecular flexibility index (Phi) is 2.49. The molecule has 2 nitrogen and oxygen atoms in total. The molecule has 1 saturated carbocycles. The Morgan fingerprint density at radius 1 is 1.12 bits per heavy atom. The minimum absolute atomic E-state index is 0.0838. The predicted octanol–water partition coefficient (Wildman–Crippen LogP) is 3.03. The summed E-state index contributed by atoms with van der Waals surface area (Å²) in [4.78, 5) is 0. The van der Waals surface area contributed by atoms with E-state index in [1.54, 1.807) is 0 Å². The van der Waals surface area contributed by atoms with Crippen LogP contribution in [0.3, 0.4) is 0 Å². The maximum absolute atomic E-state index is 10.4. The summed E-state index contributed by atoms with van der Waals surface area (Å²) in [5.74, 6) is -0.467. The van der Waals surface area contributed by atoms with Gasteiger partial charge in [0.2, 0.25) is 0 Å². The number of rotatable bonds is 1. The number of ether oxygens (including phenoxy) is 1. The topological polar surface area (TPSA) is 29.5 Å². The first kappa shape index (κ1) is 10.3. The van der Waals surface area contributed by atoms with Gasteiger partial charge in [0.1, 0.15) is 0 Å². The lowest BCUT2D eigenvalue weighted by atomic mass is 9.89. The summed E-state index contributed by atoms with van der Waals surface area (Å²) >= 11 is 0. The van der Waals surface area contributed by atoms with Crippen molar-refractivity contribution in [1.82, 2.24) is 0 Å². The molecule has 1 aromatic carbocycles. The number of hydrogen-bond donors (Lipinski definition) is 1. The summed E-state index contributed by atoms with van der Waals surface area (Å²) in [6.07, 6.45) is 5.25. The van der Waals surface area contributed by atoms with Crippen molar-refractivity contribution in [2.45, 2.75) is 44.0 Å². The van der Waals surface area contributed by atoms with E-state index in [0.717, 1.165) is 32.1 Å². The van der Waals surface area contributed by atoms with E-state index in [0.29, 0.717) is 5.92 Å². The van der Waals surface area contributed by atoms with Crippen molar-refractivity contribution in [1.29, 1.82) is 0 Å². The highest BCUT2D eigenvalue weighted by molar-refractivity contribution is 5.18. The van der Waals surface area contributed by atoms with Crippen molar-refractivity contribution in [3.63, 3.8) is 0 Å². The predicted molar refractivity (Wildman–Crippen MR) is 61.8 cm³/mol. The van der Waals surface area contributed by atoms with Gasteiger partial charge in [-0.25, -0.2) is 0 Å². The fraction of sp³-hybridized carbons (Fsp3) is 0.571. The van der Waals surface area contributed by atoms with Crippen LogP contribution in [0.5, 0.6) is 0 Å². The molecular formula is C14H18O2. The molecule has 1 heterocycles. The average molecular weight is 218 g/mol. The molecule has 1 aliphatic carbocycles. The molecule has 1 saturated heterocycles. The Balaban J connectivity index is 1.80. The van der Waals surface area contributed by atoms with Crippen LogP contribution in [0.4, 0.5) is 0 Å². The van der Waals surface area contributed by atoms with Crippen LogP contribution in [0.15, 0.2) is 30.3 Å². The summed E-state index contributed by atoms with van der Waals surface area (Å²) in [7, 11) is 0. The van der Waals surface area contributed by atoms with E-state index in [2.05, 4.69) is 12.1 Å². The van der Waals surface area contributed by atoms with E-state index in [9.17, 15) is 5.11 Å².